The number of halogens is 2. The summed E-state index contributed by atoms with van der Waals surface area (Å²) in [6, 6.07) is 2.31. The molecular weight excluding hydrogens is 194 g/mol. The molecule has 0 radical (unpaired) electrons. The summed E-state index contributed by atoms with van der Waals surface area (Å²) in [6.07, 6.45) is -2.13. The summed E-state index contributed by atoms with van der Waals surface area (Å²) in [4.78, 5) is 13.7. The van der Waals surface area contributed by atoms with Gasteiger partial charge in [0, 0.05) is 6.20 Å². The molecule has 72 valence electrons. The van der Waals surface area contributed by atoms with Crippen LogP contribution in [0.5, 0.6) is 0 Å². The fourth-order valence-corrected chi connectivity index (χ4v) is 0.854. The van der Waals surface area contributed by atoms with Gasteiger partial charge in [-0.05, 0) is 6.07 Å². The number of hydrogen-bond donors (Lipinski definition) is 1. The summed E-state index contributed by atoms with van der Waals surface area (Å²) in [5, 5.41) is 16.9. The SMILES string of the molecule is N#Cc1cc(C(=O)O)ncc1C(F)F. The van der Waals surface area contributed by atoms with Gasteiger partial charge in [0.2, 0.25) is 0 Å². The van der Waals surface area contributed by atoms with Crippen molar-refractivity contribution in [3.8, 4) is 6.07 Å². The van der Waals surface area contributed by atoms with Gasteiger partial charge in [-0.3, -0.25) is 0 Å². The number of aromatic nitrogens is 1. The van der Waals surface area contributed by atoms with Crippen LogP contribution in [0.25, 0.3) is 0 Å². The standard InChI is InChI=1S/C8H4F2N2O2/c9-7(10)5-3-12-6(8(13)14)1-4(5)2-11/h1,3,7H,(H,13,14). The van der Waals surface area contributed by atoms with Crippen LogP contribution in [-0.4, -0.2) is 16.1 Å². The molecule has 0 aliphatic rings. The number of carbonyl (C=O) groups is 1. The molecule has 0 aliphatic heterocycles. The summed E-state index contributed by atoms with van der Waals surface area (Å²) in [6.45, 7) is 0. The largest absolute Gasteiger partial charge is 0.477 e. The van der Waals surface area contributed by atoms with Crippen LogP contribution in [-0.2, 0) is 0 Å². The first-order valence-corrected chi connectivity index (χ1v) is 3.47. The molecule has 0 saturated carbocycles. The number of pyridine rings is 1. The molecule has 0 unspecified atom stereocenters. The Balaban J connectivity index is 3.27. The molecule has 1 rings (SSSR count). The number of aromatic carboxylic acids is 1. The van der Waals surface area contributed by atoms with E-state index in [1.165, 1.54) is 6.07 Å². The molecule has 0 fully saturated rings. The monoisotopic (exact) mass is 198 g/mol. The van der Waals surface area contributed by atoms with Gasteiger partial charge in [-0.1, -0.05) is 0 Å². The van der Waals surface area contributed by atoms with Gasteiger partial charge in [-0.15, -0.1) is 0 Å². The number of nitriles is 1. The smallest absolute Gasteiger partial charge is 0.354 e. The van der Waals surface area contributed by atoms with E-state index in [1.807, 2.05) is 0 Å². The summed E-state index contributed by atoms with van der Waals surface area (Å²) in [7, 11) is 0. The Morgan fingerprint density at radius 2 is 2.29 bits per heavy atom. The van der Waals surface area contributed by atoms with Crippen LogP contribution in [0.2, 0.25) is 0 Å². The summed E-state index contributed by atoms with van der Waals surface area (Å²) >= 11 is 0. The van der Waals surface area contributed by atoms with Gasteiger partial charge >= 0.3 is 5.97 Å². The highest BCUT2D eigenvalue weighted by atomic mass is 19.3. The van der Waals surface area contributed by atoms with Gasteiger partial charge in [-0.2, -0.15) is 5.26 Å². The lowest BCUT2D eigenvalue weighted by Gasteiger charge is -2.01. The molecular formula is C8H4F2N2O2. The number of hydrogen-bond acceptors (Lipinski definition) is 3. The Morgan fingerprint density at radius 1 is 1.64 bits per heavy atom. The second-order valence-electron chi connectivity index (χ2n) is 2.37. The number of carboxylic acid groups (broad SMARTS) is 1. The summed E-state index contributed by atoms with van der Waals surface area (Å²) in [5.41, 5.74) is -1.35. The van der Waals surface area contributed by atoms with Gasteiger partial charge in [0.1, 0.15) is 5.69 Å². The lowest BCUT2D eigenvalue weighted by Crippen LogP contribution is -2.03. The van der Waals surface area contributed by atoms with E-state index in [-0.39, 0.29) is 5.56 Å². The third-order valence-electron chi connectivity index (χ3n) is 1.51. The average Bonchev–Trinajstić information content (AvgIpc) is 2.16. The lowest BCUT2D eigenvalue weighted by atomic mass is 10.1. The van der Waals surface area contributed by atoms with Crippen molar-refractivity contribution in [1.82, 2.24) is 4.98 Å². The van der Waals surface area contributed by atoms with E-state index >= 15 is 0 Å². The van der Waals surface area contributed by atoms with Crippen molar-refractivity contribution in [3.05, 3.63) is 29.1 Å². The highest BCUT2D eigenvalue weighted by molar-refractivity contribution is 5.85. The van der Waals surface area contributed by atoms with Crippen LogP contribution >= 0.6 is 0 Å². The van der Waals surface area contributed by atoms with Gasteiger partial charge in [0.15, 0.2) is 0 Å². The van der Waals surface area contributed by atoms with E-state index in [0.29, 0.717) is 6.20 Å². The molecule has 1 heterocycles. The zero-order chi connectivity index (χ0) is 10.7. The minimum atomic E-state index is -2.83. The van der Waals surface area contributed by atoms with Crippen molar-refractivity contribution in [3.63, 3.8) is 0 Å². The molecule has 0 aromatic carbocycles. The third kappa shape index (κ3) is 1.82. The Morgan fingerprint density at radius 3 is 2.71 bits per heavy atom. The minimum absolute atomic E-state index is 0.368. The zero-order valence-corrected chi connectivity index (χ0v) is 6.74. The molecule has 1 N–H and O–H groups in total. The van der Waals surface area contributed by atoms with Gasteiger partial charge in [-0.25, -0.2) is 18.6 Å². The number of nitrogens with zero attached hydrogens (tertiary/aromatic N) is 2. The predicted octanol–water partition coefficient (Wildman–Crippen LogP) is 1.59. The molecule has 0 aliphatic carbocycles. The van der Waals surface area contributed by atoms with Crippen molar-refractivity contribution in [1.29, 1.82) is 5.26 Å². The first-order chi connectivity index (χ1) is 6.56. The average molecular weight is 198 g/mol. The summed E-state index contributed by atoms with van der Waals surface area (Å²) < 4.78 is 24.4. The van der Waals surface area contributed by atoms with E-state index < -0.39 is 23.7 Å². The first kappa shape index (κ1) is 10.1. The van der Waals surface area contributed by atoms with Gasteiger partial charge in [0.25, 0.3) is 6.43 Å². The van der Waals surface area contributed by atoms with Crippen molar-refractivity contribution < 1.29 is 18.7 Å². The van der Waals surface area contributed by atoms with Crippen molar-refractivity contribution in [2.75, 3.05) is 0 Å². The fraction of sp³-hybridized carbons (Fsp3) is 0.125. The Bertz CT molecular complexity index is 412. The van der Waals surface area contributed by atoms with Crippen molar-refractivity contribution in [2.45, 2.75) is 6.43 Å². The summed E-state index contributed by atoms with van der Waals surface area (Å²) in [5.74, 6) is -1.36. The minimum Gasteiger partial charge on any atom is -0.477 e. The van der Waals surface area contributed by atoms with E-state index in [4.69, 9.17) is 10.4 Å². The van der Waals surface area contributed by atoms with Crippen molar-refractivity contribution >= 4 is 5.97 Å². The highest BCUT2D eigenvalue weighted by Crippen LogP contribution is 2.21. The molecule has 14 heavy (non-hydrogen) atoms. The topological polar surface area (TPSA) is 74.0 Å². The second kappa shape index (κ2) is 3.79. The number of rotatable bonds is 2. The molecule has 6 heteroatoms. The second-order valence-corrected chi connectivity index (χ2v) is 2.37. The van der Waals surface area contributed by atoms with Crippen LogP contribution in [0.15, 0.2) is 12.3 Å². The number of carboxylic acids is 1. The van der Waals surface area contributed by atoms with Crippen LogP contribution in [0.1, 0.15) is 28.0 Å². The lowest BCUT2D eigenvalue weighted by molar-refractivity contribution is 0.0689. The van der Waals surface area contributed by atoms with E-state index in [1.54, 1.807) is 0 Å². The molecule has 0 atom stereocenters. The Labute approximate surface area is 77.4 Å². The fourth-order valence-electron chi connectivity index (χ4n) is 0.854. The van der Waals surface area contributed by atoms with Crippen LogP contribution in [0, 0.1) is 11.3 Å². The first-order valence-electron chi connectivity index (χ1n) is 3.47. The number of alkyl halides is 2. The molecule has 0 spiro atoms. The van der Waals surface area contributed by atoms with Crippen LogP contribution < -0.4 is 0 Å². The van der Waals surface area contributed by atoms with Crippen LogP contribution in [0.4, 0.5) is 8.78 Å². The van der Waals surface area contributed by atoms with E-state index in [0.717, 1.165) is 6.07 Å². The molecule has 1 aromatic rings. The van der Waals surface area contributed by atoms with Crippen molar-refractivity contribution in [2.24, 2.45) is 0 Å². The van der Waals surface area contributed by atoms with E-state index in [2.05, 4.69) is 4.98 Å². The van der Waals surface area contributed by atoms with Gasteiger partial charge in [0.05, 0.1) is 17.2 Å². The van der Waals surface area contributed by atoms with E-state index in [9.17, 15) is 13.6 Å². The maximum Gasteiger partial charge on any atom is 0.354 e. The Hall–Kier alpha value is -2.03. The molecule has 1 aromatic heterocycles. The molecule has 4 nitrogen and oxygen atoms in total. The maximum absolute atomic E-state index is 12.2. The third-order valence-corrected chi connectivity index (χ3v) is 1.51. The predicted molar refractivity (Wildman–Crippen MR) is 40.9 cm³/mol. The Kier molecular flexibility index (Phi) is 2.72. The molecule has 0 amide bonds. The highest BCUT2D eigenvalue weighted by Gasteiger charge is 2.16. The van der Waals surface area contributed by atoms with Gasteiger partial charge < -0.3 is 5.11 Å². The molecule has 0 saturated heterocycles. The normalized spacial score (nSPS) is 9.86. The molecule has 0 bridgehead atoms. The van der Waals surface area contributed by atoms with Crippen LogP contribution in [0.3, 0.4) is 0 Å². The zero-order valence-electron chi connectivity index (χ0n) is 6.74. The quantitative estimate of drug-likeness (QED) is 0.782. The maximum atomic E-state index is 12.2.